The largest absolute Gasteiger partial charge is 0.334 e. The van der Waals surface area contributed by atoms with Gasteiger partial charge in [-0.1, -0.05) is 30.1 Å². The van der Waals surface area contributed by atoms with E-state index in [0.29, 0.717) is 15.6 Å². The SMILES string of the molecule is CCCN(C(=O)c1cc(Cl)cc(Cl)c1)C1CCNC1. The van der Waals surface area contributed by atoms with Gasteiger partial charge in [0.05, 0.1) is 0 Å². The van der Waals surface area contributed by atoms with Crippen molar-refractivity contribution in [2.45, 2.75) is 25.8 Å². The number of halogens is 2. The first kappa shape index (κ1) is 14.6. The fraction of sp³-hybridized carbons (Fsp3) is 0.500. The molecule has 1 fully saturated rings. The van der Waals surface area contributed by atoms with Crippen molar-refractivity contribution in [3.63, 3.8) is 0 Å². The summed E-state index contributed by atoms with van der Waals surface area (Å²) in [6.07, 6.45) is 1.94. The van der Waals surface area contributed by atoms with Crippen LogP contribution in [0, 0.1) is 0 Å². The Kier molecular flexibility index (Phi) is 5.08. The number of carbonyl (C=O) groups excluding carboxylic acids is 1. The predicted molar refractivity (Wildman–Crippen MR) is 79.1 cm³/mol. The zero-order valence-electron chi connectivity index (χ0n) is 11.0. The van der Waals surface area contributed by atoms with Gasteiger partial charge in [0.15, 0.2) is 0 Å². The first-order chi connectivity index (χ1) is 9.11. The molecule has 0 radical (unpaired) electrons. The van der Waals surface area contributed by atoms with Gasteiger partial charge in [-0.15, -0.1) is 0 Å². The number of hydrogen-bond acceptors (Lipinski definition) is 2. The third kappa shape index (κ3) is 3.62. The molecule has 104 valence electrons. The van der Waals surface area contributed by atoms with Crippen LogP contribution in [-0.4, -0.2) is 36.5 Å². The van der Waals surface area contributed by atoms with Crippen LogP contribution in [0.4, 0.5) is 0 Å². The Morgan fingerprint density at radius 2 is 2.05 bits per heavy atom. The average Bonchev–Trinajstić information content (AvgIpc) is 2.87. The Labute approximate surface area is 123 Å². The number of nitrogens with one attached hydrogen (secondary N) is 1. The van der Waals surface area contributed by atoms with Gasteiger partial charge < -0.3 is 10.2 Å². The fourth-order valence-electron chi connectivity index (χ4n) is 2.44. The van der Waals surface area contributed by atoms with Gasteiger partial charge in [0.25, 0.3) is 5.91 Å². The van der Waals surface area contributed by atoms with Gasteiger partial charge in [0.1, 0.15) is 0 Å². The minimum atomic E-state index is 0.0138. The van der Waals surface area contributed by atoms with E-state index in [1.54, 1.807) is 18.2 Å². The normalized spacial score (nSPS) is 18.6. The van der Waals surface area contributed by atoms with Crippen LogP contribution in [0.3, 0.4) is 0 Å². The second-order valence-electron chi connectivity index (χ2n) is 4.80. The minimum Gasteiger partial charge on any atom is -0.334 e. The number of amides is 1. The highest BCUT2D eigenvalue weighted by molar-refractivity contribution is 6.35. The second kappa shape index (κ2) is 6.60. The van der Waals surface area contributed by atoms with Gasteiger partial charge in [-0.3, -0.25) is 4.79 Å². The van der Waals surface area contributed by atoms with Crippen molar-refractivity contribution in [1.29, 1.82) is 0 Å². The molecule has 3 nitrogen and oxygen atoms in total. The van der Waals surface area contributed by atoms with E-state index < -0.39 is 0 Å². The summed E-state index contributed by atoms with van der Waals surface area (Å²) in [5.41, 5.74) is 0.567. The maximum Gasteiger partial charge on any atom is 0.254 e. The summed E-state index contributed by atoms with van der Waals surface area (Å²) in [6.45, 7) is 4.66. The predicted octanol–water partition coefficient (Wildman–Crippen LogP) is 3.21. The molecule has 5 heteroatoms. The highest BCUT2D eigenvalue weighted by Gasteiger charge is 2.26. The number of carbonyl (C=O) groups is 1. The maximum absolute atomic E-state index is 12.6. The molecule has 0 aromatic heterocycles. The Hall–Kier alpha value is -0.770. The highest BCUT2D eigenvalue weighted by atomic mass is 35.5. The van der Waals surface area contributed by atoms with Gasteiger partial charge in [-0.2, -0.15) is 0 Å². The Morgan fingerprint density at radius 3 is 2.58 bits per heavy atom. The lowest BCUT2D eigenvalue weighted by molar-refractivity contribution is 0.0692. The van der Waals surface area contributed by atoms with Crippen molar-refractivity contribution in [2.24, 2.45) is 0 Å². The number of hydrogen-bond donors (Lipinski definition) is 1. The summed E-state index contributed by atoms with van der Waals surface area (Å²) in [4.78, 5) is 14.5. The molecule has 0 spiro atoms. The summed E-state index contributed by atoms with van der Waals surface area (Å²) in [7, 11) is 0. The zero-order valence-corrected chi connectivity index (χ0v) is 12.5. The first-order valence-corrected chi connectivity index (χ1v) is 7.35. The monoisotopic (exact) mass is 300 g/mol. The molecular formula is C14H18Cl2N2O. The summed E-state index contributed by atoms with van der Waals surface area (Å²) in [5, 5.41) is 4.29. The van der Waals surface area contributed by atoms with Crippen LogP contribution in [0.5, 0.6) is 0 Å². The van der Waals surface area contributed by atoms with E-state index in [2.05, 4.69) is 12.2 Å². The van der Waals surface area contributed by atoms with E-state index in [1.807, 2.05) is 4.90 Å². The van der Waals surface area contributed by atoms with Gasteiger partial charge >= 0.3 is 0 Å². The molecule has 1 aromatic carbocycles. The van der Waals surface area contributed by atoms with E-state index in [1.165, 1.54) is 0 Å². The molecule has 1 atom stereocenters. The van der Waals surface area contributed by atoms with E-state index in [0.717, 1.165) is 32.5 Å². The molecule has 1 saturated heterocycles. The molecule has 0 aliphatic carbocycles. The van der Waals surface area contributed by atoms with Crippen molar-refractivity contribution < 1.29 is 4.79 Å². The molecule has 1 aliphatic rings. The Bertz CT molecular complexity index is 439. The highest BCUT2D eigenvalue weighted by Crippen LogP contribution is 2.22. The van der Waals surface area contributed by atoms with Crippen molar-refractivity contribution >= 4 is 29.1 Å². The molecule has 1 unspecified atom stereocenters. The molecule has 1 aromatic rings. The molecule has 1 aliphatic heterocycles. The molecule has 0 saturated carbocycles. The Morgan fingerprint density at radius 1 is 1.37 bits per heavy atom. The van der Waals surface area contributed by atoms with Crippen LogP contribution in [0.1, 0.15) is 30.1 Å². The van der Waals surface area contributed by atoms with E-state index in [4.69, 9.17) is 23.2 Å². The topological polar surface area (TPSA) is 32.3 Å². The third-order valence-electron chi connectivity index (χ3n) is 3.31. The van der Waals surface area contributed by atoms with E-state index in [9.17, 15) is 4.79 Å². The summed E-state index contributed by atoms with van der Waals surface area (Å²) in [6, 6.07) is 5.27. The molecule has 0 bridgehead atoms. The first-order valence-electron chi connectivity index (χ1n) is 6.59. The van der Waals surface area contributed by atoms with Gasteiger partial charge in [-0.05, 0) is 37.6 Å². The fourth-order valence-corrected chi connectivity index (χ4v) is 2.97. The average molecular weight is 301 g/mol. The maximum atomic E-state index is 12.6. The lowest BCUT2D eigenvalue weighted by Crippen LogP contribution is -2.42. The summed E-state index contributed by atoms with van der Waals surface area (Å²) >= 11 is 11.9. The zero-order chi connectivity index (χ0) is 13.8. The van der Waals surface area contributed by atoms with Crippen molar-refractivity contribution in [3.8, 4) is 0 Å². The number of rotatable bonds is 4. The Balaban J connectivity index is 2.22. The molecule has 19 heavy (non-hydrogen) atoms. The van der Waals surface area contributed by atoms with Crippen LogP contribution in [0.25, 0.3) is 0 Å². The van der Waals surface area contributed by atoms with Crippen LogP contribution in [-0.2, 0) is 0 Å². The quantitative estimate of drug-likeness (QED) is 0.926. The second-order valence-corrected chi connectivity index (χ2v) is 5.68. The summed E-state index contributed by atoms with van der Waals surface area (Å²) in [5.74, 6) is 0.0138. The van der Waals surface area contributed by atoms with Gasteiger partial charge in [-0.25, -0.2) is 0 Å². The van der Waals surface area contributed by atoms with Crippen LogP contribution >= 0.6 is 23.2 Å². The number of nitrogens with zero attached hydrogens (tertiary/aromatic N) is 1. The van der Waals surface area contributed by atoms with Crippen molar-refractivity contribution in [1.82, 2.24) is 10.2 Å². The minimum absolute atomic E-state index is 0.0138. The third-order valence-corrected chi connectivity index (χ3v) is 3.75. The van der Waals surface area contributed by atoms with Crippen LogP contribution < -0.4 is 5.32 Å². The van der Waals surface area contributed by atoms with Gasteiger partial charge in [0.2, 0.25) is 0 Å². The van der Waals surface area contributed by atoms with Crippen LogP contribution in [0.2, 0.25) is 10.0 Å². The van der Waals surface area contributed by atoms with E-state index >= 15 is 0 Å². The summed E-state index contributed by atoms with van der Waals surface area (Å²) < 4.78 is 0. The lowest BCUT2D eigenvalue weighted by Gasteiger charge is -2.28. The lowest BCUT2D eigenvalue weighted by atomic mass is 10.1. The molecule has 2 rings (SSSR count). The van der Waals surface area contributed by atoms with Gasteiger partial charge in [0, 0.05) is 34.7 Å². The van der Waals surface area contributed by atoms with Crippen molar-refractivity contribution in [2.75, 3.05) is 19.6 Å². The molecule has 1 N–H and O–H groups in total. The van der Waals surface area contributed by atoms with E-state index in [-0.39, 0.29) is 11.9 Å². The molecule has 1 heterocycles. The van der Waals surface area contributed by atoms with Crippen molar-refractivity contribution in [3.05, 3.63) is 33.8 Å². The van der Waals surface area contributed by atoms with Crippen LogP contribution in [0.15, 0.2) is 18.2 Å². The molecular weight excluding hydrogens is 283 g/mol. The standard InChI is InChI=1S/C14H18Cl2N2O/c1-2-5-18(13-3-4-17-9-13)14(19)10-6-11(15)8-12(16)7-10/h6-8,13,17H,2-5,9H2,1H3. The molecule has 1 amide bonds. The smallest absolute Gasteiger partial charge is 0.254 e. The number of benzene rings is 1.